The molecular formula is C14H19NO3. The van der Waals surface area contributed by atoms with Gasteiger partial charge in [-0.3, -0.25) is 4.79 Å². The fourth-order valence-corrected chi connectivity index (χ4v) is 2.09. The lowest BCUT2D eigenvalue weighted by Gasteiger charge is -2.21. The number of aliphatic hydroxyl groups excluding tert-OH is 1. The summed E-state index contributed by atoms with van der Waals surface area (Å²) < 4.78 is 5.48. The summed E-state index contributed by atoms with van der Waals surface area (Å²) in [6.45, 7) is 3.03. The van der Waals surface area contributed by atoms with Gasteiger partial charge in [0.2, 0.25) is 0 Å². The van der Waals surface area contributed by atoms with Gasteiger partial charge in [0.15, 0.2) is 0 Å². The van der Waals surface area contributed by atoms with Gasteiger partial charge in [0.25, 0.3) is 5.91 Å². The van der Waals surface area contributed by atoms with Gasteiger partial charge in [-0.25, -0.2) is 0 Å². The van der Waals surface area contributed by atoms with E-state index in [0.717, 1.165) is 24.0 Å². The monoisotopic (exact) mass is 249 g/mol. The Labute approximate surface area is 107 Å². The van der Waals surface area contributed by atoms with Gasteiger partial charge in [0.1, 0.15) is 5.60 Å². The predicted octanol–water partition coefficient (Wildman–Crippen LogP) is 1.36. The Balaban J connectivity index is 1.88. The minimum atomic E-state index is -0.662. The molecule has 1 aromatic rings. The highest BCUT2D eigenvalue weighted by atomic mass is 16.5. The number of carbonyl (C=O) groups excluding carboxylic acids is 1. The smallest absolute Gasteiger partial charge is 0.252 e. The Bertz CT molecular complexity index is 408. The summed E-state index contributed by atoms with van der Waals surface area (Å²) in [5.41, 5.74) is 1.23. The average Bonchev–Trinajstić information content (AvgIpc) is 2.85. The predicted molar refractivity (Wildman–Crippen MR) is 67.8 cm³/mol. The molecule has 0 spiro atoms. The van der Waals surface area contributed by atoms with Crippen LogP contribution in [0, 0.1) is 0 Å². The van der Waals surface area contributed by atoms with Gasteiger partial charge < -0.3 is 15.2 Å². The largest absolute Gasteiger partial charge is 0.392 e. The quantitative estimate of drug-likeness (QED) is 0.847. The first kappa shape index (κ1) is 13.1. The van der Waals surface area contributed by atoms with Crippen LogP contribution in [0.25, 0.3) is 0 Å². The molecule has 2 N–H and O–H groups in total. The van der Waals surface area contributed by atoms with Crippen molar-refractivity contribution in [1.82, 2.24) is 5.32 Å². The van der Waals surface area contributed by atoms with Gasteiger partial charge in [0.05, 0.1) is 6.61 Å². The molecule has 98 valence electrons. The van der Waals surface area contributed by atoms with Crippen LogP contribution in [0.2, 0.25) is 0 Å². The Hall–Kier alpha value is -1.39. The maximum atomic E-state index is 12.0. The molecule has 4 nitrogen and oxygen atoms in total. The average molecular weight is 249 g/mol. The number of amides is 1. The van der Waals surface area contributed by atoms with E-state index in [1.54, 1.807) is 0 Å². The molecule has 1 aliphatic rings. The third-order valence-corrected chi connectivity index (χ3v) is 3.36. The highest BCUT2D eigenvalue weighted by Gasteiger charge is 2.37. The van der Waals surface area contributed by atoms with E-state index in [4.69, 9.17) is 9.84 Å². The van der Waals surface area contributed by atoms with E-state index in [-0.39, 0.29) is 12.5 Å². The van der Waals surface area contributed by atoms with Crippen molar-refractivity contribution >= 4 is 5.91 Å². The van der Waals surface area contributed by atoms with Gasteiger partial charge in [-0.2, -0.15) is 0 Å². The van der Waals surface area contributed by atoms with Crippen molar-refractivity contribution in [3.05, 3.63) is 35.4 Å². The number of hydrogen-bond donors (Lipinski definition) is 2. The third-order valence-electron chi connectivity index (χ3n) is 3.36. The van der Waals surface area contributed by atoms with Crippen LogP contribution in [0.3, 0.4) is 0 Å². The maximum Gasteiger partial charge on any atom is 0.252 e. The fourth-order valence-electron chi connectivity index (χ4n) is 2.09. The van der Waals surface area contributed by atoms with Crippen molar-refractivity contribution in [3.63, 3.8) is 0 Å². The van der Waals surface area contributed by atoms with Crippen molar-refractivity contribution in [1.29, 1.82) is 0 Å². The normalized spacial score (nSPS) is 23.0. The summed E-state index contributed by atoms with van der Waals surface area (Å²) in [6.07, 6.45) is 1.72. The van der Waals surface area contributed by atoms with Crippen molar-refractivity contribution in [3.8, 4) is 0 Å². The zero-order valence-corrected chi connectivity index (χ0v) is 10.6. The topological polar surface area (TPSA) is 58.6 Å². The summed E-state index contributed by atoms with van der Waals surface area (Å²) in [7, 11) is 0. The van der Waals surface area contributed by atoms with Gasteiger partial charge in [-0.05, 0) is 30.9 Å². The molecule has 1 heterocycles. The Kier molecular flexibility index (Phi) is 3.99. The molecule has 1 saturated heterocycles. The number of rotatable bonds is 4. The lowest BCUT2D eigenvalue weighted by Crippen LogP contribution is -2.43. The summed E-state index contributed by atoms with van der Waals surface area (Å²) in [5.74, 6) is -0.0498. The summed E-state index contributed by atoms with van der Waals surface area (Å²) >= 11 is 0. The second kappa shape index (κ2) is 5.50. The lowest BCUT2D eigenvalue weighted by atomic mass is 10.0. The van der Waals surface area contributed by atoms with Crippen LogP contribution in [-0.2, 0) is 22.7 Å². The van der Waals surface area contributed by atoms with Crippen LogP contribution in [0.5, 0.6) is 0 Å². The van der Waals surface area contributed by atoms with E-state index in [1.165, 1.54) is 0 Å². The first-order valence-electron chi connectivity index (χ1n) is 6.25. The lowest BCUT2D eigenvalue weighted by molar-refractivity contribution is -0.139. The van der Waals surface area contributed by atoms with Crippen LogP contribution >= 0.6 is 0 Å². The van der Waals surface area contributed by atoms with Crippen molar-refractivity contribution in [2.45, 2.75) is 38.5 Å². The molecule has 1 unspecified atom stereocenters. The number of hydrogen-bond acceptors (Lipinski definition) is 3. The zero-order chi connectivity index (χ0) is 13.0. The molecule has 0 aromatic heterocycles. The van der Waals surface area contributed by atoms with Crippen LogP contribution in [0.4, 0.5) is 0 Å². The number of aliphatic hydroxyl groups is 1. The number of ether oxygens (including phenoxy) is 1. The standard InChI is InChI=1S/C14H19NO3/c1-14(7-2-8-18-14)13(17)15-9-11-3-5-12(10-16)6-4-11/h3-6,16H,2,7-10H2,1H3,(H,15,17). The molecule has 1 aliphatic heterocycles. The SMILES string of the molecule is CC1(C(=O)NCc2ccc(CO)cc2)CCCO1. The Morgan fingerprint density at radius 3 is 2.61 bits per heavy atom. The van der Waals surface area contributed by atoms with Crippen LogP contribution in [0.15, 0.2) is 24.3 Å². The molecule has 18 heavy (non-hydrogen) atoms. The molecule has 2 rings (SSSR count). The number of carbonyl (C=O) groups is 1. The maximum absolute atomic E-state index is 12.0. The van der Waals surface area contributed by atoms with E-state index >= 15 is 0 Å². The highest BCUT2D eigenvalue weighted by molar-refractivity contribution is 5.84. The molecule has 0 saturated carbocycles. The van der Waals surface area contributed by atoms with E-state index in [9.17, 15) is 4.79 Å². The molecule has 0 aliphatic carbocycles. The van der Waals surface area contributed by atoms with Gasteiger partial charge in [-0.1, -0.05) is 24.3 Å². The van der Waals surface area contributed by atoms with Crippen molar-refractivity contribution in [2.24, 2.45) is 0 Å². The first-order chi connectivity index (χ1) is 8.64. The second-order valence-electron chi connectivity index (χ2n) is 4.84. The highest BCUT2D eigenvalue weighted by Crippen LogP contribution is 2.25. The van der Waals surface area contributed by atoms with Crippen molar-refractivity contribution < 1.29 is 14.6 Å². The minimum absolute atomic E-state index is 0.0402. The first-order valence-corrected chi connectivity index (χ1v) is 6.25. The van der Waals surface area contributed by atoms with Crippen molar-refractivity contribution in [2.75, 3.05) is 6.61 Å². The second-order valence-corrected chi connectivity index (χ2v) is 4.84. The van der Waals surface area contributed by atoms with Gasteiger partial charge in [0, 0.05) is 13.2 Å². The van der Waals surface area contributed by atoms with Gasteiger partial charge >= 0.3 is 0 Å². The fraction of sp³-hybridized carbons (Fsp3) is 0.500. The Morgan fingerprint density at radius 2 is 2.06 bits per heavy atom. The zero-order valence-electron chi connectivity index (χ0n) is 10.6. The molecule has 0 bridgehead atoms. The summed E-state index contributed by atoms with van der Waals surface area (Å²) in [6, 6.07) is 7.53. The van der Waals surface area contributed by atoms with Crippen LogP contribution in [0.1, 0.15) is 30.9 Å². The van der Waals surface area contributed by atoms with Gasteiger partial charge in [-0.15, -0.1) is 0 Å². The van der Waals surface area contributed by atoms with E-state index < -0.39 is 5.60 Å². The van der Waals surface area contributed by atoms with Crippen LogP contribution in [-0.4, -0.2) is 23.2 Å². The molecule has 1 fully saturated rings. The van der Waals surface area contributed by atoms with E-state index in [1.807, 2.05) is 31.2 Å². The number of benzene rings is 1. The molecule has 4 heteroatoms. The molecule has 1 amide bonds. The third kappa shape index (κ3) is 2.89. The van der Waals surface area contributed by atoms with Crippen LogP contribution < -0.4 is 5.32 Å². The van der Waals surface area contributed by atoms with E-state index in [0.29, 0.717) is 13.2 Å². The summed E-state index contributed by atoms with van der Waals surface area (Å²) in [5, 5.41) is 11.8. The molecule has 0 radical (unpaired) electrons. The summed E-state index contributed by atoms with van der Waals surface area (Å²) in [4.78, 5) is 12.0. The molecule has 1 atom stereocenters. The molecule has 1 aromatic carbocycles. The number of nitrogens with one attached hydrogen (secondary N) is 1. The Morgan fingerprint density at radius 1 is 1.39 bits per heavy atom. The molecular weight excluding hydrogens is 230 g/mol. The van der Waals surface area contributed by atoms with E-state index in [2.05, 4.69) is 5.32 Å². The minimum Gasteiger partial charge on any atom is -0.392 e.